The van der Waals surface area contributed by atoms with Gasteiger partial charge >= 0.3 is 0 Å². The highest BCUT2D eigenvalue weighted by atomic mass is 32.2. The summed E-state index contributed by atoms with van der Waals surface area (Å²) in [5.41, 5.74) is 0.924. The molecule has 1 aliphatic heterocycles. The zero-order chi connectivity index (χ0) is 21.3. The SMILES string of the molecule is CC(Oc1ncc(-c2ccc(S(C)(=O)=O)cc2)s1)C1CCN(c2nnnn2C)CC1. The molecule has 1 unspecified atom stereocenters. The Morgan fingerprint density at radius 1 is 1.20 bits per heavy atom. The number of aromatic nitrogens is 5. The maximum Gasteiger partial charge on any atom is 0.273 e. The highest BCUT2D eigenvalue weighted by Crippen LogP contribution is 2.33. The lowest BCUT2D eigenvalue weighted by Crippen LogP contribution is -2.39. The van der Waals surface area contributed by atoms with Gasteiger partial charge in [0.15, 0.2) is 9.84 Å². The molecule has 1 atom stereocenters. The van der Waals surface area contributed by atoms with Crippen molar-refractivity contribution in [3.63, 3.8) is 0 Å². The first-order chi connectivity index (χ1) is 14.3. The molecule has 3 aromatic rings. The van der Waals surface area contributed by atoms with Crippen LogP contribution in [-0.2, 0) is 16.9 Å². The fraction of sp³-hybridized carbons (Fsp3) is 0.474. The number of anilines is 1. The zero-order valence-electron chi connectivity index (χ0n) is 17.1. The van der Waals surface area contributed by atoms with Crippen LogP contribution in [-0.4, -0.2) is 59.1 Å². The van der Waals surface area contributed by atoms with E-state index in [1.54, 1.807) is 35.1 Å². The van der Waals surface area contributed by atoms with Gasteiger partial charge in [0.1, 0.15) is 6.10 Å². The molecule has 11 heteroatoms. The fourth-order valence-electron chi connectivity index (χ4n) is 3.63. The number of hydrogen-bond donors (Lipinski definition) is 0. The van der Waals surface area contributed by atoms with Gasteiger partial charge in [-0.3, -0.25) is 0 Å². The van der Waals surface area contributed by atoms with Crippen LogP contribution >= 0.6 is 11.3 Å². The van der Waals surface area contributed by atoms with Crippen molar-refractivity contribution in [2.45, 2.75) is 30.8 Å². The maximum atomic E-state index is 11.6. The van der Waals surface area contributed by atoms with Crippen molar-refractivity contribution in [1.29, 1.82) is 0 Å². The van der Waals surface area contributed by atoms with Gasteiger partial charge in [-0.05, 0) is 53.8 Å². The van der Waals surface area contributed by atoms with E-state index in [-0.39, 0.29) is 6.10 Å². The summed E-state index contributed by atoms with van der Waals surface area (Å²) in [5.74, 6) is 1.23. The summed E-state index contributed by atoms with van der Waals surface area (Å²) in [6.45, 7) is 3.87. The van der Waals surface area contributed by atoms with Crippen LogP contribution in [0.4, 0.5) is 5.95 Å². The molecule has 0 N–H and O–H groups in total. The van der Waals surface area contributed by atoms with Crippen molar-refractivity contribution in [3.8, 4) is 15.6 Å². The average Bonchev–Trinajstić information content (AvgIpc) is 3.36. The minimum atomic E-state index is -3.20. The third kappa shape index (κ3) is 4.46. The first kappa shape index (κ1) is 20.7. The third-order valence-corrected chi connectivity index (χ3v) is 7.49. The van der Waals surface area contributed by atoms with Crippen LogP contribution in [0.5, 0.6) is 5.19 Å². The largest absolute Gasteiger partial charge is 0.467 e. The lowest BCUT2D eigenvalue weighted by Gasteiger charge is -2.34. The van der Waals surface area contributed by atoms with E-state index in [0.717, 1.165) is 42.3 Å². The van der Waals surface area contributed by atoms with Crippen LogP contribution < -0.4 is 9.64 Å². The molecule has 30 heavy (non-hydrogen) atoms. The van der Waals surface area contributed by atoms with Gasteiger partial charge in [0, 0.05) is 32.6 Å². The quantitative estimate of drug-likeness (QED) is 0.566. The van der Waals surface area contributed by atoms with E-state index >= 15 is 0 Å². The highest BCUT2D eigenvalue weighted by molar-refractivity contribution is 7.90. The van der Waals surface area contributed by atoms with Gasteiger partial charge in [-0.1, -0.05) is 28.6 Å². The smallest absolute Gasteiger partial charge is 0.273 e. The van der Waals surface area contributed by atoms with E-state index in [2.05, 4.69) is 32.3 Å². The summed E-state index contributed by atoms with van der Waals surface area (Å²) in [6.07, 6.45) is 5.03. The lowest BCUT2D eigenvalue weighted by atomic mass is 9.92. The van der Waals surface area contributed by atoms with Crippen LogP contribution in [0.15, 0.2) is 35.4 Å². The average molecular weight is 449 g/mol. The monoisotopic (exact) mass is 448 g/mol. The van der Waals surface area contributed by atoms with E-state index in [1.807, 2.05) is 7.05 Å². The minimum absolute atomic E-state index is 0.0522. The molecule has 3 heterocycles. The van der Waals surface area contributed by atoms with Crippen LogP contribution in [0, 0.1) is 5.92 Å². The molecule has 1 saturated heterocycles. The van der Waals surface area contributed by atoms with E-state index in [4.69, 9.17) is 4.74 Å². The second kappa shape index (κ2) is 8.31. The van der Waals surface area contributed by atoms with Gasteiger partial charge in [0.05, 0.1) is 9.77 Å². The number of piperidine rings is 1. The summed E-state index contributed by atoms with van der Waals surface area (Å²) >= 11 is 1.47. The number of thiazole rings is 1. The van der Waals surface area contributed by atoms with Crippen molar-refractivity contribution >= 4 is 27.1 Å². The molecule has 1 fully saturated rings. The van der Waals surface area contributed by atoms with Crippen molar-refractivity contribution in [2.75, 3.05) is 24.2 Å². The summed E-state index contributed by atoms with van der Waals surface area (Å²) in [6, 6.07) is 6.84. The molecule has 0 bridgehead atoms. The Morgan fingerprint density at radius 3 is 2.50 bits per heavy atom. The van der Waals surface area contributed by atoms with E-state index < -0.39 is 9.84 Å². The highest BCUT2D eigenvalue weighted by Gasteiger charge is 2.27. The first-order valence-corrected chi connectivity index (χ1v) is 12.4. The minimum Gasteiger partial charge on any atom is -0.467 e. The number of rotatable bonds is 6. The summed E-state index contributed by atoms with van der Waals surface area (Å²) in [4.78, 5) is 7.86. The summed E-state index contributed by atoms with van der Waals surface area (Å²) in [5, 5.41) is 12.3. The van der Waals surface area contributed by atoms with Crippen LogP contribution in [0.2, 0.25) is 0 Å². The Hall–Kier alpha value is -2.53. The third-order valence-electron chi connectivity index (χ3n) is 5.42. The fourth-order valence-corrected chi connectivity index (χ4v) is 5.11. The zero-order valence-corrected chi connectivity index (χ0v) is 18.7. The first-order valence-electron chi connectivity index (χ1n) is 9.71. The Kier molecular flexibility index (Phi) is 5.74. The van der Waals surface area contributed by atoms with E-state index in [1.165, 1.54) is 17.6 Å². The number of aryl methyl sites for hydroxylation is 1. The normalized spacial score (nSPS) is 16.6. The molecule has 0 aliphatic carbocycles. The Balaban J connectivity index is 1.35. The molecular weight excluding hydrogens is 424 g/mol. The van der Waals surface area contributed by atoms with Crippen molar-refractivity contribution < 1.29 is 13.2 Å². The second-order valence-electron chi connectivity index (χ2n) is 7.54. The van der Waals surface area contributed by atoms with E-state index in [9.17, 15) is 8.42 Å². The Morgan fingerprint density at radius 2 is 1.90 bits per heavy atom. The second-order valence-corrected chi connectivity index (χ2v) is 10.5. The van der Waals surface area contributed by atoms with Gasteiger partial charge < -0.3 is 9.64 Å². The molecule has 4 rings (SSSR count). The number of nitrogens with zero attached hydrogens (tertiary/aromatic N) is 6. The molecule has 2 aromatic heterocycles. The van der Waals surface area contributed by atoms with Crippen LogP contribution in [0.3, 0.4) is 0 Å². The summed E-state index contributed by atoms with van der Waals surface area (Å²) in [7, 11) is -1.35. The molecule has 1 aliphatic rings. The molecular formula is C19H24N6O3S2. The number of hydrogen-bond acceptors (Lipinski definition) is 9. The molecule has 9 nitrogen and oxygen atoms in total. The Bertz CT molecular complexity index is 1100. The Labute approximate surface area is 179 Å². The standard InChI is InChI=1S/C19H24N6O3S2/c1-13(14-8-10-25(11-9-14)18-21-22-23-24(18)2)28-19-20-12-17(29-19)15-4-6-16(7-5-15)30(3,26)27/h4-7,12-14H,8-11H2,1-3H3. The maximum absolute atomic E-state index is 11.6. The summed E-state index contributed by atoms with van der Waals surface area (Å²) < 4.78 is 31.1. The number of sulfone groups is 1. The molecule has 160 valence electrons. The molecule has 0 spiro atoms. The number of benzene rings is 1. The van der Waals surface area contributed by atoms with Crippen molar-refractivity contribution in [3.05, 3.63) is 30.5 Å². The van der Waals surface area contributed by atoms with Crippen LogP contribution in [0.1, 0.15) is 19.8 Å². The predicted octanol–water partition coefficient (Wildman–Crippen LogP) is 2.42. The van der Waals surface area contributed by atoms with Crippen LogP contribution in [0.25, 0.3) is 10.4 Å². The van der Waals surface area contributed by atoms with Crippen molar-refractivity contribution in [2.24, 2.45) is 13.0 Å². The van der Waals surface area contributed by atoms with E-state index in [0.29, 0.717) is 16.0 Å². The van der Waals surface area contributed by atoms with Gasteiger partial charge in [0.25, 0.3) is 5.19 Å². The molecule has 0 saturated carbocycles. The number of ether oxygens (including phenoxy) is 1. The topological polar surface area (TPSA) is 103 Å². The molecule has 0 radical (unpaired) electrons. The molecule has 1 aromatic carbocycles. The molecule has 0 amide bonds. The van der Waals surface area contributed by atoms with Crippen molar-refractivity contribution in [1.82, 2.24) is 25.2 Å². The van der Waals surface area contributed by atoms with Gasteiger partial charge in [0.2, 0.25) is 5.95 Å². The predicted molar refractivity (Wildman–Crippen MR) is 114 cm³/mol. The van der Waals surface area contributed by atoms with Gasteiger partial charge in [-0.2, -0.15) is 0 Å². The van der Waals surface area contributed by atoms with Gasteiger partial charge in [-0.15, -0.1) is 0 Å². The number of tetrazole rings is 1. The van der Waals surface area contributed by atoms with Gasteiger partial charge in [-0.25, -0.2) is 18.1 Å². The lowest BCUT2D eigenvalue weighted by molar-refractivity contribution is 0.132.